The highest BCUT2D eigenvalue weighted by Gasteiger charge is 2.28. The van der Waals surface area contributed by atoms with Gasteiger partial charge in [-0.15, -0.1) is 0 Å². The Kier molecular flexibility index (Phi) is 9.05. The first-order valence-electron chi connectivity index (χ1n) is 12.5. The molecule has 0 saturated carbocycles. The van der Waals surface area contributed by atoms with Crippen LogP contribution in [0.15, 0.2) is 41.6 Å². The van der Waals surface area contributed by atoms with Crippen molar-refractivity contribution in [2.45, 2.75) is 89.3 Å². The molecule has 0 spiro atoms. The average Bonchev–Trinajstić information content (AvgIpc) is 2.80. The first-order valence-corrected chi connectivity index (χ1v) is 13.4. The molecule has 1 amide bonds. The highest BCUT2D eigenvalue weighted by molar-refractivity contribution is 7.97. The number of likely N-dealkylation sites (tertiary alicyclic amines) is 1. The number of nitrogens with zero attached hydrogens (tertiary/aromatic N) is 3. The van der Waals surface area contributed by atoms with Crippen molar-refractivity contribution in [3.8, 4) is 0 Å². The lowest BCUT2D eigenvalue weighted by atomic mass is 9.86. The normalized spacial score (nSPS) is 17.7. The second-order valence-electron chi connectivity index (χ2n) is 11.4. The molecular formula is C27H41N5O2S. The molecule has 1 fully saturated rings. The predicted molar refractivity (Wildman–Crippen MR) is 143 cm³/mol. The lowest BCUT2D eigenvalue weighted by molar-refractivity contribution is 0.0160. The Morgan fingerprint density at radius 3 is 2.71 bits per heavy atom. The molecule has 0 aliphatic carbocycles. The van der Waals surface area contributed by atoms with Gasteiger partial charge in [0.05, 0.1) is 11.7 Å². The van der Waals surface area contributed by atoms with Crippen molar-refractivity contribution in [2.24, 2.45) is 11.1 Å². The number of pyridine rings is 2. The van der Waals surface area contributed by atoms with Crippen molar-refractivity contribution in [3.05, 3.63) is 47.8 Å². The van der Waals surface area contributed by atoms with Crippen LogP contribution in [-0.4, -0.2) is 39.7 Å². The van der Waals surface area contributed by atoms with Gasteiger partial charge < -0.3 is 15.0 Å². The van der Waals surface area contributed by atoms with E-state index in [9.17, 15) is 4.79 Å². The number of carbonyl (C=O) groups excluding carboxylic acids is 1. The molecule has 1 aliphatic rings. The third kappa shape index (κ3) is 8.39. The Balaban J connectivity index is 1.75. The Bertz CT molecular complexity index is 986. The van der Waals surface area contributed by atoms with Gasteiger partial charge in [-0.25, -0.2) is 9.78 Å². The fourth-order valence-electron chi connectivity index (χ4n) is 4.33. The minimum atomic E-state index is -0.480. The smallest absolute Gasteiger partial charge is 0.410 e. The lowest BCUT2D eigenvalue weighted by Crippen LogP contribution is -2.43. The van der Waals surface area contributed by atoms with Crippen molar-refractivity contribution in [1.29, 1.82) is 0 Å². The van der Waals surface area contributed by atoms with E-state index in [1.807, 2.05) is 50.1 Å². The molecule has 35 heavy (non-hydrogen) atoms. The monoisotopic (exact) mass is 499 g/mol. The highest BCUT2D eigenvalue weighted by atomic mass is 32.2. The number of ether oxygens (including phenoxy) is 1. The standard InChI is InChI=1S/C27H41N5O2S/c1-26(2,3)20-14-15-29-22(17-20)21(30-23-10-7-11-24(31-23)35-28)13-12-19-9-8-16-32(18-19)25(33)34-27(4,5)6/h7,10-11,14-15,17,19,21H,8-9,12-13,16,18,28H2,1-6H3,(H,30,31). The summed E-state index contributed by atoms with van der Waals surface area (Å²) < 4.78 is 5.61. The Hall–Kier alpha value is -2.32. The zero-order valence-corrected chi connectivity index (χ0v) is 22.8. The Labute approximate surface area is 214 Å². The van der Waals surface area contributed by atoms with Gasteiger partial charge in [-0.1, -0.05) is 26.8 Å². The summed E-state index contributed by atoms with van der Waals surface area (Å²) in [5, 5.41) is 10.1. The van der Waals surface area contributed by atoms with E-state index in [4.69, 9.17) is 14.9 Å². The largest absolute Gasteiger partial charge is 0.444 e. The summed E-state index contributed by atoms with van der Waals surface area (Å²) in [6, 6.07) is 10.1. The van der Waals surface area contributed by atoms with Gasteiger partial charge in [0.15, 0.2) is 0 Å². The molecule has 1 saturated heterocycles. The predicted octanol–water partition coefficient (Wildman–Crippen LogP) is 6.32. The van der Waals surface area contributed by atoms with Crippen LogP contribution >= 0.6 is 11.9 Å². The molecule has 2 atom stereocenters. The quantitative estimate of drug-likeness (QED) is 0.431. The Morgan fingerprint density at radius 2 is 2.03 bits per heavy atom. The van der Waals surface area contributed by atoms with E-state index >= 15 is 0 Å². The summed E-state index contributed by atoms with van der Waals surface area (Å²) in [6.45, 7) is 13.9. The molecule has 2 aromatic heterocycles. The molecule has 3 N–H and O–H groups in total. The van der Waals surface area contributed by atoms with E-state index in [-0.39, 0.29) is 17.6 Å². The van der Waals surface area contributed by atoms with Crippen molar-refractivity contribution in [3.63, 3.8) is 0 Å². The van der Waals surface area contributed by atoms with E-state index in [0.29, 0.717) is 5.92 Å². The minimum absolute atomic E-state index is 0.000252. The molecule has 0 aromatic carbocycles. The van der Waals surface area contributed by atoms with Crippen LogP contribution < -0.4 is 10.5 Å². The van der Waals surface area contributed by atoms with E-state index in [1.165, 1.54) is 5.56 Å². The van der Waals surface area contributed by atoms with Crippen molar-refractivity contribution < 1.29 is 9.53 Å². The van der Waals surface area contributed by atoms with E-state index in [2.05, 4.69) is 43.2 Å². The number of piperidine rings is 1. The number of hydrogen-bond donors (Lipinski definition) is 2. The number of rotatable bonds is 7. The van der Waals surface area contributed by atoms with Gasteiger partial charge in [0, 0.05) is 19.3 Å². The van der Waals surface area contributed by atoms with Crippen LogP contribution in [0.5, 0.6) is 0 Å². The number of amides is 1. The molecule has 1 aliphatic heterocycles. The van der Waals surface area contributed by atoms with E-state index in [1.54, 1.807) is 0 Å². The summed E-state index contributed by atoms with van der Waals surface area (Å²) in [7, 11) is 0. The van der Waals surface area contributed by atoms with Crippen LogP contribution in [0.25, 0.3) is 0 Å². The van der Waals surface area contributed by atoms with Gasteiger partial charge in [-0.05, 0) is 99.6 Å². The van der Waals surface area contributed by atoms with Crippen LogP contribution in [-0.2, 0) is 10.2 Å². The zero-order chi connectivity index (χ0) is 25.6. The van der Waals surface area contributed by atoms with Gasteiger partial charge in [0.25, 0.3) is 0 Å². The molecule has 192 valence electrons. The fraction of sp³-hybridized carbons (Fsp3) is 0.593. The molecular weight excluding hydrogens is 458 g/mol. The van der Waals surface area contributed by atoms with Gasteiger partial charge >= 0.3 is 6.09 Å². The summed E-state index contributed by atoms with van der Waals surface area (Å²) in [4.78, 5) is 23.8. The second-order valence-corrected chi connectivity index (χ2v) is 12.1. The molecule has 8 heteroatoms. The van der Waals surface area contributed by atoms with Gasteiger partial charge in [0.1, 0.15) is 16.4 Å². The zero-order valence-electron chi connectivity index (χ0n) is 22.0. The average molecular weight is 500 g/mol. The molecule has 2 unspecified atom stereocenters. The van der Waals surface area contributed by atoms with Crippen LogP contribution in [0.4, 0.5) is 10.6 Å². The number of anilines is 1. The molecule has 2 aromatic rings. The van der Waals surface area contributed by atoms with E-state index in [0.717, 1.165) is 67.3 Å². The van der Waals surface area contributed by atoms with Gasteiger partial charge in [0.2, 0.25) is 0 Å². The summed E-state index contributed by atoms with van der Waals surface area (Å²) in [5.74, 6) is 1.21. The van der Waals surface area contributed by atoms with Crippen molar-refractivity contribution in [2.75, 3.05) is 18.4 Å². The van der Waals surface area contributed by atoms with Crippen molar-refractivity contribution in [1.82, 2.24) is 14.9 Å². The molecule has 3 heterocycles. The number of hydrogen-bond acceptors (Lipinski definition) is 7. The topological polar surface area (TPSA) is 93.4 Å². The molecule has 0 radical (unpaired) electrons. The number of carbonyl (C=O) groups is 1. The third-order valence-corrected chi connectivity index (χ3v) is 6.67. The number of nitrogens with one attached hydrogen (secondary N) is 1. The summed E-state index contributed by atoms with van der Waals surface area (Å²) >= 11 is 1.14. The molecule has 0 bridgehead atoms. The molecule has 3 rings (SSSR count). The maximum absolute atomic E-state index is 12.6. The maximum Gasteiger partial charge on any atom is 0.410 e. The van der Waals surface area contributed by atoms with Crippen LogP contribution in [0, 0.1) is 5.92 Å². The number of nitrogens with two attached hydrogens (primary N) is 1. The number of aromatic nitrogens is 2. The van der Waals surface area contributed by atoms with Crippen LogP contribution in [0.1, 0.15) is 84.5 Å². The first kappa shape index (κ1) is 27.3. The fourth-order valence-corrected chi connectivity index (χ4v) is 4.64. The lowest BCUT2D eigenvalue weighted by Gasteiger charge is -2.34. The maximum atomic E-state index is 12.6. The van der Waals surface area contributed by atoms with Gasteiger partial charge in [-0.3, -0.25) is 10.1 Å². The van der Waals surface area contributed by atoms with E-state index < -0.39 is 5.60 Å². The van der Waals surface area contributed by atoms with Crippen molar-refractivity contribution >= 4 is 23.9 Å². The highest BCUT2D eigenvalue weighted by Crippen LogP contribution is 2.31. The Morgan fingerprint density at radius 1 is 1.26 bits per heavy atom. The SMILES string of the molecule is CC(C)(C)OC(=O)N1CCCC(CCC(Nc2cccc(SN)n2)c2cc(C(C)(C)C)ccn2)C1. The summed E-state index contributed by atoms with van der Waals surface area (Å²) in [5.41, 5.74) is 1.81. The first-order chi connectivity index (χ1) is 16.4. The second kappa shape index (κ2) is 11.6. The third-order valence-electron chi connectivity index (χ3n) is 6.20. The van der Waals surface area contributed by atoms with Crippen LogP contribution in [0.2, 0.25) is 0 Å². The van der Waals surface area contributed by atoms with Crippen LogP contribution in [0.3, 0.4) is 0 Å². The summed E-state index contributed by atoms with van der Waals surface area (Å²) in [6.07, 6.45) is 5.65. The van der Waals surface area contributed by atoms with Gasteiger partial charge in [-0.2, -0.15) is 0 Å². The minimum Gasteiger partial charge on any atom is -0.444 e. The molecule has 7 nitrogen and oxygen atoms in total.